The van der Waals surface area contributed by atoms with E-state index in [1.54, 1.807) is 0 Å². The molecule has 10 heteroatoms. The number of ether oxygens (including phenoxy) is 2. The molecule has 0 aromatic heterocycles. The maximum atomic E-state index is 12.6. The summed E-state index contributed by atoms with van der Waals surface area (Å²) in [5.74, 6) is -0.844. The average molecular weight is 758 g/mol. The number of allylic oxidation sites excluding steroid dienone is 4. The molecule has 0 aliphatic rings. The van der Waals surface area contributed by atoms with Crippen LogP contribution in [0.3, 0.4) is 0 Å². The van der Waals surface area contributed by atoms with Gasteiger partial charge in [-0.1, -0.05) is 147 Å². The van der Waals surface area contributed by atoms with Gasteiger partial charge in [-0.15, -0.1) is 0 Å². The Morgan fingerprint density at radius 1 is 0.558 bits per heavy atom. The van der Waals surface area contributed by atoms with Gasteiger partial charge in [-0.3, -0.25) is 18.6 Å². The van der Waals surface area contributed by atoms with Gasteiger partial charge in [0, 0.05) is 19.4 Å². The molecule has 2 atom stereocenters. The van der Waals surface area contributed by atoms with E-state index in [2.05, 4.69) is 38.2 Å². The van der Waals surface area contributed by atoms with Crippen molar-refractivity contribution in [2.45, 2.75) is 206 Å². The molecule has 0 radical (unpaired) electrons. The van der Waals surface area contributed by atoms with Crippen molar-refractivity contribution < 1.29 is 37.6 Å². The van der Waals surface area contributed by atoms with Crippen LogP contribution in [0.25, 0.3) is 0 Å². The molecule has 0 amide bonds. The fraction of sp³-hybridized carbons (Fsp3) is 0.857. The van der Waals surface area contributed by atoms with Crippen LogP contribution in [0.2, 0.25) is 0 Å². The van der Waals surface area contributed by atoms with Gasteiger partial charge in [-0.2, -0.15) is 0 Å². The first kappa shape index (κ1) is 50.5. The Hall–Kier alpha value is -1.51. The molecule has 0 aliphatic heterocycles. The van der Waals surface area contributed by atoms with Crippen LogP contribution >= 0.6 is 7.82 Å². The summed E-state index contributed by atoms with van der Waals surface area (Å²) in [6, 6.07) is 0. The van der Waals surface area contributed by atoms with Gasteiger partial charge in [0.2, 0.25) is 0 Å². The van der Waals surface area contributed by atoms with Gasteiger partial charge in [0.15, 0.2) is 6.10 Å². The summed E-state index contributed by atoms with van der Waals surface area (Å²) < 4.78 is 32.7. The molecule has 0 aromatic carbocycles. The van der Waals surface area contributed by atoms with E-state index in [-0.39, 0.29) is 32.6 Å². The minimum absolute atomic E-state index is 0.0519. The van der Waals surface area contributed by atoms with Crippen molar-refractivity contribution in [1.29, 1.82) is 0 Å². The topological polar surface area (TPSA) is 134 Å². The Labute approximate surface area is 319 Å². The summed E-state index contributed by atoms with van der Waals surface area (Å²) >= 11 is 0. The minimum Gasteiger partial charge on any atom is -0.462 e. The second kappa shape index (κ2) is 39.2. The van der Waals surface area contributed by atoms with E-state index in [9.17, 15) is 19.0 Å². The Bertz CT molecular complexity index is 912. The second-order valence-electron chi connectivity index (χ2n) is 14.2. The highest BCUT2D eigenvalue weighted by Gasteiger charge is 2.26. The zero-order chi connectivity index (χ0) is 38.2. The van der Waals surface area contributed by atoms with Crippen LogP contribution in [0.5, 0.6) is 0 Å². The molecule has 0 saturated carbocycles. The number of nitrogens with two attached hydrogens (primary N) is 1. The van der Waals surface area contributed by atoms with E-state index in [4.69, 9.17) is 24.3 Å². The molecule has 306 valence electrons. The minimum atomic E-state index is -4.38. The number of esters is 2. The molecule has 0 aromatic rings. The SMILES string of the molecule is CCCCCCCC/C=C\CCCCCCCC(=O)OC[C@H](COP(=O)(O)OCCN)OC(=O)CCCCCCC/C=C\CCCCCCCCC. The third-order valence-electron chi connectivity index (χ3n) is 9.06. The first-order chi connectivity index (χ1) is 25.3. The van der Waals surface area contributed by atoms with Crippen LogP contribution < -0.4 is 5.73 Å². The Kier molecular flexibility index (Phi) is 38.1. The van der Waals surface area contributed by atoms with E-state index in [1.165, 1.54) is 96.3 Å². The summed E-state index contributed by atoms with van der Waals surface area (Å²) in [5.41, 5.74) is 5.34. The van der Waals surface area contributed by atoms with E-state index in [0.29, 0.717) is 6.42 Å². The lowest BCUT2D eigenvalue weighted by molar-refractivity contribution is -0.161. The molecule has 0 saturated heterocycles. The molecule has 0 rings (SSSR count). The summed E-state index contributed by atoms with van der Waals surface area (Å²) in [6.45, 7) is 3.71. The van der Waals surface area contributed by atoms with E-state index >= 15 is 0 Å². The Morgan fingerprint density at radius 3 is 1.37 bits per heavy atom. The fourth-order valence-electron chi connectivity index (χ4n) is 5.86. The molecule has 9 nitrogen and oxygen atoms in total. The molecule has 0 bridgehead atoms. The molecule has 52 heavy (non-hydrogen) atoms. The lowest BCUT2D eigenvalue weighted by atomic mass is 10.1. The van der Waals surface area contributed by atoms with Gasteiger partial charge < -0.3 is 20.1 Å². The standard InChI is InChI=1S/C42H80NO8P/c1-3-5-7-9-11-13-15-17-19-21-23-25-27-29-31-33-35-42(45)51-40(39-50-52(46,47)49-37-36-43)38-48-41(44)34-32-30-28-26-24-22-20-18-16-14-12-10-8-6-4-2/h18-21,40H,3-17,22-39,43H2,1-2H3,(H,46,47)/b20-18-,21-19-/t40-/m1/s1. The first-order valence-electron chi connectivity index (χ1n) is 21.3. The van der Waals surface area contributed by atoms with Gasteiger partial charge in [-0.05, 0) is 64.2 Å². The van der Waals surface area contributed by atoms with Crippen molar-refractivity contribution in [3.05, 3.63) is 24.3 Å². The number of carbonyl (C=O) groups is 2. The van der Waals surface area contributed by atoms with Crippen molar-refractivity contribution in [3.8, 4) is 0 Å². The lowest BCUT2D eigenvalue weighted by Gasteiger charge is -2.19. The van der Waals surface area contributed by atoms with Crippen LogP contribution in [0.4, 0.5) is 0 Å². The van der Waals surface area contributed by atoms with Crippen molar-refractivity contribution in [2.24, 2.45) is 5.73 Å². The third-order valence-corrected chi connectivity index (χ3v) is 10.0. The highest BCUT2D eigenvalue weighted by Crippen LogP contribution is 2.43. The molecule has 0 heterocycles. The molecule has 3 N–H and O–H groups in total. The number of unbranched alkanes of at least 4 members (excludes halogenated alkanes) is 23. The number of hydrogen-bond donors (Lipinski definition) is 2. The van der Waals surface area contributed by atoms with Crippen LogP contribution in [0.1, 0.15) is 200 Å². The smallest absolute Gasteiger partial charge is 0.462 e. The number of rotatable bonds is 40. The predicted molar refractivity (Wildman–Crippen MR) is 215 cm³/mol. The van der Waals surface area contributed by atoms with Crippen molar-refractivity contribution in [2.75, 3.05) is 26.4 Å². The Balaban J connectivity index is 4.18. The van der Waals surface area contributed by atoms with Crippen molar-refractivity contribution in [3.63, 3.8) is 0 Å². The zero-order valence-electron chi connectivity index (χ0n) is 33.6. The average Bonchev–Trinajstić information content (AvgIpc) is 3.13. The molecule has 0 spiro atoms. The van der Waals surface area contributed by atoms with E-state index in [1.807, 2.05) is 0 Å². The van der Waals surface area contributed by atoms with E-state index in [0.717, 1.165) is 70.6 Å². The molecular formula is C42H80NO8P. The largest absolute Gasteiger partial charge is 0.472 e. The number of carbonyl (C=O) groups excluding carboxylic acids is 2. The molecule has 0 aliphatic carbocycles. The normalized spacial score (nSPS) is 13.5. The highest BCUT2D eigenvalue weighted by molar-refractivity contribution is 7.47. The molecule has 1 unspecified atom stereocenters. The van der Waals surface area contributed by atoms with Gasteiger partial charge in [0.05, 0.1) is 13.2 Å². The van der Waals surface area contributed by atoms with Gasteiger partial charge in [-0.25, -0.2) is 4.57 Å². The van der Waals surface area contributed by atoms with Gasteiger partial charge in [0.25, 0.3) is 0 Å². The summed E-state index contributed by atoms with van der Waals surface area (Å²) in [7, 11) is -4.38. The van der Waals surface area contributed by atoms with E-state index < -0.39 is 32.5 Å². The zero-order valence-corrected chi connectivity index (χ0v) is 34.4. The quantitative estimate of drug-likeness (QED) is 0.0271. The van der Waals surface area contributed by atoms with Crippen molar-refractivity contribution in [1.82, 2.24) is 0 Å². The third kappa shape index (κ3) is 38.2. The maximum absolute atomic E-state index is 12.6. The van der Waals surface area contributed by atoms with Crippen LogP contribution in [-0.2, 0) is 32.7 Å². The second-order valence-corrected chi connectivity index (χ2v) is 15.7. The maximum Gasteiger partial charge on any atom is 0.472 e. The predicted octanol–water partition coefficient (Wildman–Crippen LogP) is 12.0. The number of phosphoric acid groups is 1. The number of phosphoric ester groups is 1. The lowest BCUT2D eigenvalue weighted by Crippen LogP contribution is -2.29. The van der Waals surface area contributed by atoms with Crippen molar-refractivity contribution >= 4 is 19.8 Å². The monoisotopic (exact) mass is 758 g/mol. The molecular weight excluding hydrogens is 677 g/mol. The van der Waals surface area contributed by atoms with Crippen LogP contribution in [0.15, 0.2) is 24.3 Å². The highest BCUT2D eigenvalue weighted by atomic mass is 31.2. The summed E-state index contributed by atoms with van der Waals surface area (Å²) in [4.78, 5) is 34.8. The molecule has 0 fully saturated rings. The Morgan fingerprint density at radius 2 is 0.942 bits per heavy atom. The first-order valence-corrected chi connectivity index (χ1v) is 22.8. The number of hydrogen-bond acceptors (Lipinski definition) is 8. The van der Waals surface area contributed by atoms with Crippen LogP contribution in [-0.4, -0.2) is 49.3 Å². The van der Waals surface area contributed by atoms with Crippen LogP contribution in [0, 0.1) is 0 Å². The van der Waals surface area contributed by atoms with Gasteiger partial charge >= 0.3 is 19.8 Å². The van der Waals surface area contributed by atoms with Gasteiger partial charge in [0.1, 0.15) is 6.61 Å². The summed E-state index contributed by atoms with van der Waals surface area (Å²) in [6.07, 6.45) is 40.6. The summed E-state index contributed by atoms with van der Waals surface area (Å²) in [5, 5.41) is 0. The fourth-order valence-corrected chi connectivity index (χ4v) is 6.62.